The Bertz CT molecular complexity index is 741. The third-order valence-corrected chi connectivity index (χ3v) is 12.9. The van der Waals surface area contributed by atoms with Crippen molar-refractivity contribution in [2.24, 2.45) is 56.2 Å². The highest BCUT2D eigenvalue weighted by Gasteiger charge is 2.68. The first kappa shape index (κ1) is 21.6. The van der Waals surface area contributed by atoms with Crippen molar-refractivity contribution in [2.45, 2.75) is 120 Å². The van der Waals surface area contributed by atoms with E-state index in [1.807, 2.05) is 0 Å². The van der Waals surface area contributed by atoms with Crippen molar-refractivity contribution in [1.29, 1.82) is 0 Å². The molecule has 5 rings (SSSR count). The van der Waals surface area contributed by atoms with E-state index in [1.165, 1.54) is 64.2 Å². The molecule has 0 aliphatic heterocycles. The second-order valence-electron chi connectivity index (χ2n) is 15.2. The minimum Gasteiger partial charge on any atom is -0.0874 e. The largest absolute Gasteiger partial charge is 0.0874 e. The molecule has 5 aliphatic rings. The fourth-order valence-corrected chi connectivity index (χ4v) is 10.9. The third kappa shape index (κ3) is 2.64. The number of hydrogen-bond donors (Lipinski definition) is 0. The van der Waals surface area contributed by atoms with Crippen LogP contribution in [0.1, 0.15) is 120 Å². The molecule has 0 heterocycles. The summed E-state index contributed by atoms with van der Waals surface area (Å²) in [7, 11) is 0. The van der Waals surface area contributed by atoms with Gasteiger partial charge in [-0.25, -0.2) is 0 Å². The molecule has 0 spiro atoms. The lowest BCUT2D eigenvalue weighted by molar-refractivity contribution is -0.234. The zero-order valence-corrected chi connectivity index (χ0v) is 21.5. The van der Waals surface area contributed by atoms with Crippen molar-refractivity contribution >= 4 is 0 Å². The quantitative estimate of drug-likeness (QED) is 0.349. The molecule has 0 N–H and O–H groups in total. The Morgan fingerprint density at radius 1 is 0.633 bits per heavy atom. The van der Waals surface area contributed by atoms with Crippen molar-refractivity contribution in [3.8, 4) is 0 Å². The highest BCUT2D eigenvalue weighted by molar-refractivity contribution is 5.21. The minimum absolute atomic E-state index is 0.380. The first-order chi connectivity index (χ1) is 13.8. The molecule has 5 aliphatic carbocycles. The number of allylic oxidation sites excluding steroid dienone is 2. The predicted molar refractivity (Wildman–Crippen MR) is 129 cm³/mol. The van der Waals surface area contributed by atoms with Gasteiger partial charge in [-0.2, -0.15) is 0 Å². The van der Waals surface area contributed by atoms with Crippen LogP contribution in [-0.4, -0.2) is 0 Å². The van der Waals surface area contributed by atoms with Gasteiger partial charge in [0.15, 0.2) is 0 Å². The first-order valence-corrected chi connectivity index (χ1v) is 13.5. The molecule has 4 fully saturated rings. The third-order valence-electron chi connectivity index (χ3n) is 12.9. The summed E-state index contributed by atoms with van der Waals surface area (Å²) in [5.41, 5.74) is 3.15. The SMILES string of the molecule is CC1(C)CC[C@]2(C)CC[C@]3(C)[C@H](CC[C@@H]4[C@@]5(C)CC=CC(C)(C)C5CC[C@]43C)[C@H]2C1. The van der Waals surface area contributed by atoms with Crippen molar-refractivity contribution < 1.29 is 0 Å². The van der Waals surface area contributed by atoms with Crippen molar-refractivity contribution in [3.63, 3.8) is 0 Å². The Labute approximate surface area is 188 Å². The van der Waals surface area contributed by atoms with Crippen LogP contribution in [0.15, 0.2) is 12.2 Å². The number of rotatable bonds is 0. The molecule has 0 bridgehead atoms. The normalized spacial score (nSPS) is 56.3. The van der Waals surface area contributed by atoms with Crippen molar-refractivity contribution in [3.05, 3.63) is 12.2 Å². The molecule has 0 radical (unpaired) electrons. The zero-order chi connectivity index (χ0) is 21.8. The summed E-state index contributed by atoms with van der Waals surface area (Å²) in [6.45, 7) is 21.2. The van der Waals surface area contributed by atoms with E-state index in [0.29, 0.717) is 32.5 Å². The van der Waals surface area contributed by atoms with Gasteiger partial charge in [-0.15, -0.1) is 0 Å². The lowest BCUT2D eigenvalue weighted by Gasteiger charge is -2.73. The van der Waals surface area contributed by atoms with Gasteiger partial charge in [0.1, 0.15) is 0 Å². The molecule has 0 aromatic heterocycles. The zero-order valence-electron chi connectivity index (χ0n) is 21.5. The molecular formula is C30H50. The van der Waals surface area contributed by atoms with Crippen molar-refractivity contribution in [1.82, 2.24) is 0 Å². The van der Waals surface area contributed by atoms with Crippen LogP contribution < -0.4 is 0 Å². The maximum atomic E-state index is 2.79. The minimum atomic E-state index is 0.380. The monoisotopic (exact) mass is 410 g/mol. The molecule has 0 aromatic carbocycles. The second kappa shape index (κ2) is 6.20. The summed E-state index contributed by atoms with van der Waals surface area (Å²) in [5.74, 6) is 3.71. The highest BCUT2D eigenvalue weighted by atomic mass is 14.7. The molecule has 0 saturated heterocycles. The van der Waals surface area contributed by atoms with Gasteiger partial charge in [0.05, 0.1) is 0 Å². The maximum Gasteiger partial charge on any atom is -0.0141 e. The smallest absolute Gasteiger partial charge is 0.0141 e. The van der Waals surface area contributed by atoms with Crippen LogP contribution in [0.25, 0.3) is 0 Å². The van der Waals surface area contributed by atoms with Crippen LogP contribution in [0.4, 0.5) is 0 Å². The van der Waals surface area contributed by atoms with E-state index in [-0.39, 0.29) is 0 Å². The van der Waals surface area contributed by atoms with Gasteiger partial charge < -0.3 is 0 Å². The molecule has 0 heteroatoms. The van der Waals surface area contributed by atoms with Crippen molar-refractivity contribution in [2.75, 3.05) is 0 Å². The topological polar surface area (TPSA) is 0 Å². The van der Waals surface area contributed by atoms with E-state index in [2.05, 4.69) is 67.5 Å². The Hall–Kier alpha value is -0.260. The number of hydrogen-bond acceptors (Lipinski definition) is 0. The van der Waals surface area contributed by atoms with Gasteiger partial charge in [-0.05, 0) is 120 Å². The predicted octanol–water partition coefficient (Wildman–Crippen LogP) is 9.05. The lowest BCUT2D eigenvalue weighted by Crippen LogP contribution is -2.65. The first-order valence-electron chi connectivity index (χ1n) is 13.5. The molecular weight excluding hydrogens is 360 g/mol. The maximum absolute atomic E-state index is 2.79. The van der Waals surface area contributed by atoms with Gasteiger partial charge in [-0.3, -0.25) is 0 Å². The van der Waals surface area contributed by atoms with E-state index < -0.39 is 0 Å². The molecule has 0 aromatic rings. The van der Waals surface area contributed by atoms with E-state index in [9.17, 15) is 0 Å². The summed E-state index contributed by atoms with van der Waals surface area (Å²) >= 11 is 0. The molecule has 170 valence electrons. The fraction of sp³-hybridized carbons (Fsp3) is 0.933. The van der Waals surface area contributed by atoms with Crippen LogP contribution in [0.3, 0.4) is 0 Å². The van der Waals surface area contributed by atoms with E-state index >= 15 is 0 Å². The molecule has 1 unspecified atom stereocenters. The standard InChI is InChI=1S/C30H50/c1-25(2)16-17-27(5)18-19-29(7)21(22(27)20-25)10-11-24-28(6)14-9-13-26(3,4)23(28)12-15-30(24,29)8/h9,13,21-24H,10-12,14-20H2,1-8H3/t21-,22-,23?,24-,27-,28+,29-,30-/m1/s1. The highest BCUT2D eigenvalue weighted by Crippen LogP contribution is 2.76. The summed E-state index contributed by atoms with van der Waals surface area (Å²) < 4.78 is 0. The van der Waals surface area contributed by atoms with E-state index in [1.54, 1.807) is 0 Å². The van der Waals surface area contributed by atoms with Gasteiger partial charge in [0, 0.05) is 0 Å². The van der Waals surface area contributed by atoms with Gasteiger partial charge >= 0.3 is 0 Å². The van der Waals surface area contributed by atoms with Crippen LogP contribution >= 0.6 is 0 Å². The molecule has 8 atom stereocenters. The van der Waals surface area contributed by atoms with Crippen LogP contribution in [0.2, 0.25) is 0 Å². The van der Waals surface area contributed by atoms with E-state index in [0.717, 1.165) is 23.7 Å². The molecule has 30 heavy (non-hydrogen) atoms. The lowest BCUT2D eigenvalue weighted by atomic mass is 9.32. The number of fused-ring (bicyclic) bond motifs is 7. The fourth-order valence-electron chi connectivity index (χ4n) is 10.9. The van der Waals surface area contributed by atoms with Gasteiger partial charge in [0.25, 0.3) is 0 Å². The molecule has 0 nitrogen and oxygen atoms in total. The van der Waals surface area contributed by atoms with Crippen LogP contribution in [0, 0.1) is 56.2 Å². The average molecular weight is 411 g/mol. The Balaban J connectivity index is 1.54. The summed E-state index contributed by atoms with van der Waals surface area (Å²) in [6.07, 6.45) is 19.8. The van der Waals surface area contributed by atoms with E-state index in [4.69, 9.17) is 0 Å². The molecule has 0 amide bonds. The van der Waals surface area contributed by atoms with Gasteiger partial charge in [-0.1, -0.05) is 67.5 Å². The summed E-state index contributed by atoms with van der Waals surface area (Å²) in [5, 5.41) is 0. The van der Waals surface area contributed by atoms with Crippen LogP contribution in [0.5, 0.6) is 0 Å². The second-order valence-corrected chi connectivity index (χ2v) is 15.2. The Morgan fingerprint density at radius 2 is 1.33 bits per heavy atom. The average Bonchev–Trinajstić information content (AvgIpc) is 2.63. The molecule has 4 saturated carbocycles. The summed E-state index contributed by atoms with van der Waals surface area (Å²) in [4.78, 5) is 0. The Morgan fingerprint density at radius 3 is 2.07 bits per heavy atom. The summed E-state index contributed by atoms with van der Waals surface area (Å²) in [6, 6.07) is 0. The van der Waals surface area contributed by atoms with Gasteiger partial charge in [0.2, 0.25) is 0 Å². The Kier molecular flexibility index (Phi) is 4.46. The van der Waals surface area contributed by atoms with Crippen LogP contribution in [-0.2, 0) is 0 Å².